The molecule has 0 rings (SSSR count). The molecule has 0 aromatic carbocycles. The molecular weight excluding hydrogens is 432 g/mol. The second-order valence-electron chi connectivity index (χ2n) is 10.9. The molecule has 0 aliphatic carbocycles. The number of carbonyl (C=O) groups is 2. The maximum Gasteiger partial charge on any atom is 0.234 e. The number of unbranched alkanes of at least 4 members (excludes halogenated alkanes) is 17. The van der Waals surface area contributed by atoms with E-state index in [1.54, 1.807) is 9.80 Å². The molecule has 0 aliphatic rings. The van der Waals surface area contributed by atoms with Crippen LogP contribution in [0.25, 0.3) is 0 Å². The number of nitrogens with zero attached hydrogens (tertiary/aromatic N) is 2. The Morgan fingerprint density at radius 3 is 1.06 bits per heavy atom. The number of hydrogen-bond acceptors (Lipinski definition) is 2. The van der Waals surface area contributed by atoms with Crippen LogP contribution >= 0.6 is 0 Å². The van der Waals surface area contributed by atoms with Crippen LogP contribution in [0.3, 0.4) is 0 Å². The number of amides is 2. The summed E-state index contributed by atoms with van der Waals surface area (Å²) in [6, 6.07) is 0. The van der Waals surface area contributed by atoms with E-state index in [9.17, 15) is 9.59 Å². The van der Waals surface area contributed by atoms with Crippen molar-refractivity contribution in [2.24, 2.45) is 5.92 Å². The summed E-state index contributed by atoms with van der Waals surface area (Å²) in [6.07, 6.45) is 26.2. The SMILES string of the molecule is CCCCCCCCCCCCCCCCCCC(C(=O)N(C)CCCC)C(=O)N(C)CCCC. The highest BCUT2D eigenvalue weighted by Crippen LogP contribution is 2.19. The molecule has 2 amide bonds. The van der Waals surface area contributed by atoms with Crippen molar-refractivity contribution in [2.75, 3.05) is 27.2 Å². The number of rotatable bonds is 25. The highest BCUT2D eigenvalue weighted by Gasteiger charge is 2.30. The van der Waals surface area contributed by atoms with Crippen LogP contribution in [0.4, 0.5) is 0 Å². The lowest BCUT2D eigenvalue weighted by Crippen LogP contribution is -2.43. The largest absolute Gasteiger partial charge is 0.345 e. The summed E-state index contributed by atoms with van der Waals surface area (Å²) in [7, 11) is 3.72. The van der Waals surface area contributed by atoms with E-state index in [-0.39, 0.29) is 11.8 Å². The fourth-order valence-electron chi connectivity index (χ4n) is 4.79. The second-order valence-corrected chi connectivity index (χ2v) is 10.9. The maximum absolute atomic E-state index is 13.0. The Kier molecular flexibility index (Phi) is 23.9. The molecule has 0 aromatic rings. The molecular formula is C31H62N2O2. The molecule has 0 unspecified atom stereocenters. The van der Waals surface area contributed by atoms with Crippen molar-refractivity contribution in [3.8, 4) is 0 Å². The summed E-state index contributed by atoms with van der Waals surface area (Å²) in [5.41, 5.74) is 0. The van der Waals surface area contributed by atoms with Gasteiger partial charge in [0.2, 0.25) is 11.8 Å². The normalized spacial score (nSPS) is 11.3. The smallest absolute Gasteiger partial charge is 0.234 e. The molecule has 0 aromatic heterocycles. The average molecular weight is 495 g/mol. The van der Waals surface area contributed by atoms with Gasteiger partial charge in [-0.2, -0.15) is 0 Å². The third kappa shape index (κ3) is 18.8. The molecule has 0 radical (unpaired) electrons. The van der Waals surface area contributed by atoms with Crippen LogP contribution in [-0.2, 0) is 9.59 Å². The first kappa shape index (κ1) is 33.9. The molecule has 0 heterocycles. The summed E-state index contributed by atoms with van der Waals surface area (Å²) >= 11 is 0. The number of carbonyl (C=O) groups excluding carboxylic acids is 2. The van der Waals surface area contributed by atoms with Crippen molar-refractivity contribution in [1.82, 2.24) is 9.80 Å². The first-order valence-corrected chi connectivity index (χ1v) is 15.5. The first-order chi connectivity index (χ1) is 17.0. The zero-order chi connectivity index (χ0) is 26.2. The fourth-order valence-corrected chi connectivity index (χ4v) is 4.79. The monoisotopic (exact) mass is 494 g/mol. The van der Waals surface area contributed by atoms with Crippen LogP contribution < -0.4 is 0 Å². The zero-order valence-electron chi connectivity index (χ0n) is 24.6. The van der Waals surface area contributed by atoms with Gasteiger partial charge in [-0.3, -0.25) is 9.59 Å². The maximum atomic E-state index is 13.0. The van der Waals surface area contributed by atoms with Gasteiger partial charge in [0.15, 0.2) is 0 Å². The molecule has 0 N–H and O–H groups in total. The van der Waals surface area contributed by atoms with Gasteiger partial charge in [0.1, 0.15) is 5.92 Å². The van der Waals surface area contributed by atoms with E-state index in [4.69, 9.17) is 0 Å². The standard InChI is InChI=1S/C31H62N2O2/c1-6-9-12-13-14-15-16-17-18-19-20-21-22-23-24-25-26-29(30(34)32(4)27-10-7-2)31(35)33(5)28-11-8-3/h29H,6-28H2,1-5H3. The van der Waals surface area contributed by atoms with E-state index >= 15 is 0 Å². The predicted octanol–water partition coefficient (Wildman–Crippen LogP) is 8.77. The molecule has 0 atom stereocenters. The lowest BCUT2D eigenvalue weighted by atomic mass is 9.96. The molecule has 0 saturated heterocycles. The van der Waals surface area contributed by atoms with E-state index in [2.05, 4.69) is 20.8 Å². The Labute approximate surface area is 220 Å². The predicted molar refractivity (Wildman–Crippen MR) is 153 cm³/mol. The van der Waals surface area contributed by atoms with Crippen molar-refractivity contribution in [2.45, 2.75) is 156 Å². The molecule has 0 fully saturated rings. The molecule has 0 saturated carbocycles. The van der Waals surface area contributed by atoms with E-state index in [0.717, 1.165) is 51.6 Å². The Bertz CT molecular complexity index is 468. The lowest BCUT2D eigenvalue weighted by molar-refractivity contribution is -0.146. The van der Waals surface area contributed by atoms with Crippen LogP contribution in [0, 0.1) is 5.92 Å². The molecule has 4 heteroatoms. The molecule has 208 valence electrons. The Hall–Kier alpha value is -1.06. The van der Waals surface area contributed by atoms with Crippen LogP contribution in [-0.4, -0.2) is 48.8 Å². The van der Waals surface area contributed by atoms with Gasteiger partial charge < -0.3 is 9.80 Å². The van der Waals surface area contributed by atoms with Crippen molar-refractivity contribution in [3.05, 3.63) is 0 Å². The Balaban J connectivity index is 4.04. The Morgan fingerprint density at radius 2 is 0.743 bits per heavy atom. The van der Waals surface area contributed by atoms with Gasteiger partial charge >= 0.3 is 0 Å². The van der Waals surface area contributed by atoms with Gasteiger partial charge in [0, 0.05) is 27.2 Å². The minimum absolute atomic E-state index is 0.0211. The first-order valence-electron chi connectivity index (χ1n) is 15.5. The third-order valence-electron chi connectivity index (χ3n) is 7.39. The molecule has 0 spiro atoms. The van der Waals surface area contributed by atoms with Gasteiger partial charge in [-0.15, -0.1) is 0 Å². The van der Waals surface area contributed by atoms with Crippen LogP contribution in [0.5, 0.6) is 0 Å². The summed E-state index contributed by atoms with van der Waals surface area (Å²) in [5.74, 6) is -0.453. The van der Waals surface area contributed by atoms with Gasteiger partial charge in [-0.1, -0.05) is 136 Å². The van der Waals surface area contributed by atoms with Crippen LogP contribution in [0.2, 0.25) is 0 Å². The second kappa shape index (κ2) is 24.6. The van der Waals surface area contributed by atoms with Gasteiger partial charge in [-0.25, -0.2) is 0 Å². The van der Waals surface area contributed by atoms with Crippen LogP contribution in [0.15, 0.2) is 0 Å². The zero-order valence-corrected chi connectivity index (χ0v) is 24.6. The summed E-state index contributed by atoms with van der Waals surface area (Å²) in [6.45, 7) is 8.05. The summed E-state index contributed by atoms with van der Waals surface area (Å²) < 4.78 is 0. The highest BCUT2D eigenvalue weighted by atomic mass is 16.2. The van der Waals surface area contributed by atoms with E-state index < -0.39 is 5.92 Å². The summed E-state index contributed by atoms with van der Waals surface area (Å²) in [4.78, 5) is 29.6. The third-order valence-corrected chi connectivity index (χ3v) is 7.39. The van der Waals surface area contributed by atoms with Gasteiger partial charge in [0.25, 0.3) is 0 Å². The Morgan fingerprint density at radius 1 is 0.457 bits per heavy atom. The van der Waals surface area contributed by atoms with Crippen molar-refractivity contribution in [3.63, 3.8) is 0 Å². The average Bonchev–Trinajstić information content (AvgIpc) is 2.86. The van der Waals surface area contributed by atoms with E-state index in [1.807, 2.05) is 14.1 Å². The van der Waals surface area contributed by atoms with Crippen LogP contribution in [0.1, 0.15) is 156 Å². The van der Waals surface area contributed by atoms with Gasteiger partial charge in [0.05, 0.1) is 0 Å². The quantitative estimate of drug-likeness (QED) is 0.0939. The van der Waals surface area contributed by atoms with E-state index in [0.29, 0.717) is 6.42 Å². The van der Waals surface area contributed by atoms with Crippen molar-refractivity contribution in [1.29, 1.82) is 0 Å². The summed E-state index contributed by atoms with van der Waals surface area (Å²) in [5, 5.41) is 0. The topological polar surface area (TPSA) is 40.6 Å². The lowest BCUT2D eigenvalue weighted by Gasteiger charge is -2.27. The molecule has 35 heavy (non-hydrogen) atoms. The molecule has 0 bridgehead atoms. The van der Waals surface area contributed by atoms with Gasteiger partial charge in [-0.05, 0) is 19.3 Å². The minimum atomic E-state index is -0.495. The minimum Gasteiger partial charge on any atom is -0.345 e. The van der Waals surface area contributed by atoms with E-state index in [1.165, 1.54) is 89.9 Å². The molecule has 0 aliphatic heterocycles. The van der Waals surface area contributed by atoms with Crippen molar-refractivity contribution < 1.29 is 9.59 Å². The van der Waals surface area contributed by atoms with Crippen molar-refractivity contribution >= 4 is 11.8 Å². The highest BCUT2D eigenvalue weighted by molar-refractivity contribution is 6.00. The number of hydrogen-bond donors (Lipinski definition) is 0. The molecule has 4 nitrogen and oxygen atoms in total. The fraction of sp³-hybridized carbons (Fsp3) is 0.935.